The fraction of sp³-hybridized carbons (Fsp3) is 0.667. The van der Waals surface area contributed by atoms with Crippen molar-refractivity contribution in [2.24, 2.45) is 0 Å². The van der Waals surface area contributed by atoms with Gasteiger partial charge in [0.15, 0.2) is 0 Å². The van der Waals surface area contributed by atoms with Gasteiger partial charge < -0.3 is 10.2 Å². The standard InChI is InChI=1S/C12H18N2O2S/c15-7-10(16)8-17-11-5-6-13-12(14-11)9-3-1-2-4-9/h5-6,9-10,15-16H,1-4,7-8H2/t10-/m1/s1. The molecule has 1 fully saturated rings. The van der Waals surface area contributed by atoms with Gasteiger partial charge in [-0.25, -0.2) is 9.97 Å². The number of aromatic nitrogens is 2. The van der Waals surface area contributed by atoms with Crippen LogP contribution >= 0.6 is 11.8 Å². The fourth-order valence-corrected chi connectivity index (χ4v) is 2.84. The van der Waals surface area contributed by atoms with Gasteiger partial charge in [-0.2, -0.15) is 0 Å². The van der Waals surface area contributed by atoms with Crippen LogP contribution in [-0.4, -0.2) is 38.6 Å². The molecule has 1 aliphatic rings. The van der Waals surface area contributed by atoms with Gasteiger partial charge in [-0.15, -0.1) is 11.8 Å². The van der Waals surface area contributed by atoms with Crippen molar-refractivity contribution in [3.05, 3.63) is 18.1 Å². The smallest absolute Gasteiger partial charge is 0.132 e. The number of aliphatic hydroxyl groups is 2. The normalized spacial score (nSPS) is 18.5. The van der Waals surface area contributed by atoms with Crippen molar-refractivity contribution in [2.75, 3.05) is 12.4 Å². The molecule has 94 valence electrons. The molecule has 4 nitrogen and oxygen atoms in total. The van der Waals surface area contributed by atoms with Crippen molar-refractivity contribution < 1.29 is 10.2 Å². The lowest BCUT2D eigenvalue weighted by molar-refractivity contribution is 0.113. The van der Waals surface area contributed by atoms with Crippen molar-refractivity contribution in [3.63, 3.8) is 0 Å². The molecule has 17 heavy (non-hydrogen) atoms. The van der Waals surface area contributed by atoms with Crippen LogP contribution in [0.3, 0.4) is 0 Å². The van der Waals surface area contributed by atoms with Crippen molar-refractivity contribution in [1.82, 2.24) is 9.97 Å². The van der Waals surface area contributed by atoms with Gasteiger partial charge in [0.1, 0.15) is 5.82 Å². The van der Waals surface area contributed by atoms with Crippen LogP contribution in [-0.2, 0) is 0 Å². The van der Waals surface area contributed by atoms with E-state index < -0.39 is 6.10 Å². The molecule has 0 aromatic carbocycles. The zero-order valence-electron chi connectivity index (χ0n) is 9.75. The molecular weight excluding hydrogens is 236 g/mol. The predicted octanol–water partition coefficient (Wildman–Crippen LogP) is 1.58. The van der Waals surface area contributed by atoms with Gasteiger partial charge in [-0.05, 0) is 18.9 Å². The minimum atomic E-state index is -0.676. The van der Waals surface area contributed by atoms with E-state index in [2.05, 4.69) is 9.97 Å². The molecule has 1 aliphatic carbocycles. The van der Waals surface area contributed by atoms with Crippen LogP contribution in [0, 0.1) is 0 Å². The maximum absolute atomic E-state index is 9.29. The Morgan fingerprint density at radius 2 is 2.18 bits per heavy atom. The minimum absolute atomic E-state index is 0.201. The molecule has 2 rings (SSSR count). The summed E-state index contributed by atoms with van der Waals surface area (Å²) in [6.07, 6.45) is 6.03. The second kappa shape index (κ2) is 6.33. The highest BCUT2D eigenvalue weighted by Crippen LogP contribution is 2.32. The molecule has 1 aromatic heterocycles. The topological polar surface area (TPSA) is 66.2 Å². The van der Waals surface area contributed by atoms with E-state index in [0.717, 1.165) is 10.9 Å². The highest BCUT2D eigenvalue weighted by atomic mass is 32.2. The molecular formula is C12H18N2O2S. The molecule has 0 aliphatic heterocycles. The summed E-state index contributed by atoms with van der Waals surface area (Å²) in [6, 6.07) is 1.85. The molecule has 0 spiro atoms. The maximum Gasteiger partial charge on any atom is 0.132 e. The first-order valence-electron chi connectivity index (χ1n) is 6.04. The van der Waals surface area contributed by atoms with Crippen molar-refractivity contribution in [3.8, 4) is 0 Å². The largest absolute Gasteiger partial charge is 0.394 e. The van der Waals surface area contributed by atoms with Gasteiger partial charge in [-0.1, -0.05) is 12.8 Å². The molecule has 0 bridgehead atoms. The summed E-state index contributed by atoms with van der Waals surface area (Å²) in [4.78, 5) is 8.85. The molecule has 0 saturated heterocycles. The number of thioether (sulfide) groups is 1. The lowest BCUT2D eigenvalue weighted by atomic mass is 10.1. The second-order valence-electron chi connectivity index (χ2n) is 4.38. The highest BCUT2D eigenvalue weighted by molar-refractivity contribution is 7.99. The van der Waals surface area contributed by atoms with Gasteiger partial charge in [0.2, 0.25) is 0 Å². The fourth-order valence-electron chi connectivity index (χ4n) is 2.05. The molecule has 2 N–H and O–H groups in total. The Kier molecular flexibility index (Phi) is 4.76. The minimum Gasteiger partial charge on any atom is -0.394 e. The first-order chi connectivity index (χ1) is 8.29. The molecule has 1 atom stereocenters. The lowest BCUT2D eigenvalue weighted by Gasteiger charge is -2.09. The Labute approximate surface area is 105 Å². The van der Waals surface area contributed by atoms with E-state index in [1.807, 2.05) is 6.07 Å². The highest BCUT2D eigenvalue weighted by Gasteiger charge is 2.19. The quantitative estimate of drug-likeness (QED) is 0.617. The average molecular weight is 254 g/mol. The van der Waals surface area contributed by atoms with Crippen molar-refractivity contribution in [1.29, 1.82) is 0 Å². The van der Waals surface area contributed by atoms with E-state index in [4.69, 9.17) is 5.11 Å². The van der Waals surface area contributed by atoms with E-state index in [9.17, 15) is 5.11 Å². The molecule has 1 saturated carbocycles. The summed E-state index contributed by atoms with van der Waals surface area (Å²) in [5, 5.41) is 18.9. The summed E-state index contributed by atoms with van der Waals surface area (Å²) in [5.41, 5.74) is 0. The van der Waals surface area contributed by atoms with Crippen molar-refractivity contribution >= 4 is 11.8 Å². The first-order valence-corrected chi connectivity index (χ1v) is 7.03. The number of hydrogen-bond acceptors (Lipinski definition) is 5. The number of hydrogen-bond donors (Lipinski definition) is 2. The van der Waals surface area contributed by atoms with Gasteiger partial charge in [-0.3, -0.25) is 0 Å². The zero-order valence-corrected chi connectivity index (χ0v) is 10.6. The molecule has 0 unspecified atom stereocenters. The summed E-state index contributed by atoms with van der Waals surface area (Å²) >= 11 is 1.46. The molecule has 1 heterocycles. The van der Waals surface area contributed by atoms with Crippen LogP contribution in [0.25, 0.3) is 0 Å². The Hall–Kier alpha value is -0.650. The van der Waals surface area contributed by atoms with Crippen LogP contribution in [0.15, 0.2) is 17.3 Å². The summed E-state index contributed by atoms with van der Waals surface area (Å²) < 4.78 is 0. The third-order valence-electron chi connectivity index (χ3n) is 3.00. The average Bonchev–Trinajstić information content (AvgIpc) is 2.90. The Balaban J connectivity index is 1.96. The third kappa shape index (κ3) is 3.66. The van der Waals surface area contributed by atoms with Crippen molar-refractivity contribution in [2.45, 2.75) is 42.7 Å². The van der Waals surface area contributed by atoms with Gasteiger partial charge in [0, 0.05) is 17.9 Å². The zero-order chi connectivity index (χ0) is 12.1. The second-order valence-corrected chi connectivity index (χ2v) is 5.42. The number of rotatable bonds is 5. The van der Waals surface area contributed by atoms with E-state index >= 15 is 0 Å². The summed E-state index contributed by atoms with van der Waals surface area (Å²) in [7, 11) is 0. The van der Waals surface area contributed by atoms with Crippen LogP contribution in [0.5, 0.6) is 0 Å². The summed E-state index contributed by atoms with van der Waals surface area (Å²) in [5.74, 6) is 1.92. The van der Waals surface area contributed by atoms with E-state index in [-0.39, 0.29) is 6.61 Å². The van der Waals surface area contributed by atoms with E-state index in [0.29, 0.717) is 11.7 Å². The maximum atomic E-state index is 9.29. The SMILES string of the molecule is OC[C@@H](O)CSc1ccnc(C2CCCC2)n1. The van der Waals surface area contributed by atoms with Gasteiger partial charge in [0.25, 0.3) is 0 Å². The monoisotopic (exact) mass is 254 g/mol. The molecule has 0 radical (unpaired) electrons. The first kappa shape index (κ1) is 12.8. The van der Waals surface area contributed by atoms with Gasteiger partial charge >= 0.3 is 0 Å². The summed E-state index contributed by atoms with van der Waals surface area (Å²) in [6.45, 7) is -0.201. The number of nitrogens with zero attached hydrogens (tertiary/aromatic N) is 2. The Morgan fingerprint density at radius 3 is 2.88 bits per heavy atom. The molecule has 5 heteroatoms. The Bertz CT molecular complexity index is 356. The molecule has 0 amide bonds. The van der Waals surface area contributed by atoms with Gasteiger partial charge in [0.05, 0.1) is 17.7 Å². The number of aliphatic hydroxyl groups excluding tert-OH is 2. The lowest BCUT2D eigenvalue weighted by Crippen LogP contribution is -2.14. The van der Waals surface area contributed by atoms with Crippen LogP contribution in [0.1, 0.15) is 37.4 Å². The van der Waals surface area contributed by atoms with Crippen LogP contribution in [0.4, 0.5) is 0 Å². The van der Waals surface area contributed by atoms with Crippen LogP contribution < -0.4 is 0 Å². The van der Waals surface area contributed by atoms with E-state index in [1.54, 1.807) is 6.20 Å². The third-order valence-corrected chi connectivity index (χ3v) is 4.08. The molecule has 1 aromatic rings. The van der Waals surface area contributed by atoms with Crippen LogP contribution in [0.2, 0.25) is 0 Å². The van der Waals surface area contributed by atoms with E-state index in [1.165, 1.54) is 37.4 Å². The predicted molar refractivity (Wildman–Crippen MR) is 67.1 cm³/mol. The Morgan fingerprint density at radius 1 is 1.41 bits per heavy atom.